The molecule has 1 aliphatic heterocycles. The van der Waals surface area contributed by atoms with Crippen molar-refractivity contribution < 1.29 is 19.1 Å². The van der Waals surface area contributed by atoms with E-state index in [-0.39, 0.29) is 10.7 Å². The molecule has 1 aliphatic rings. The molecule has 34 heavy (non-hydrogen) atoms. The van der Waals surface area contributed by atoms with Gasteiger partial charge in [0, 0.05) is 9.26 Å². The molecule has 0 saturated carbocycles. The summed E-state index contributed by atoms with van der Waals surface area (Å²) in [5, 5.41) is 2.72. The number of ether oxygens (including phenoxy) is 1. The van der Waals surface area contributed by atoms with Gasteiger partial charge < -0.3 is 10.1 Å². The molecule has 0 aliphatic carbocycles. The van der Waals surface area contributed by atoms with Crippen molar-refractivity contribution in [3.8, 4) is 5.75 Å². The first-order valence-corrected chi connectivity index (χ1v) is 11.8. The lowest BCUT2D eigenvalue weighted by molar-refractivity contribution is -0.120. The maximum absolute atomic E-state index is 13.0. The van der Waals surface area contributed by atoms with Gasteiger partial charge in [-0.05, 0) is 115 Å². The van der Waals surface area contributed by atoms with Crippen LogP contribution >= 0.6 is 34.2 Å². The molecule has 1 heterocycles. The van der Waals surface area contributed by atoms with E-state index in [0.717, 1.165) is 25.2 Å². The zero-order valence-corrected chi connectivity index (χ0v) is 21.5. The molecule has 3 aromatic carbocycles. The van der Waals surface area contributed by atoms with Crippen LogP contribution in [0.15, 0.2) is 71.4 Å². The summed E-state index contributed by atoms with van der Waals surface area (Å²) in [6.45, 7) is 5.76. The number of rotatable bonds is 5. The fourth-order valence-electron chi connectivity index (χ4n) is 3.48. The Hall–Kier alpha value is -3.17. The van der Waals surface area contributed by atoms with Crippen molar-refractivity contribution in [2.45, 2.75) is 20.8 Å². The maximum Gasteiger partial charge on any atom is 0.343 e. The number of benzene rings is 3. The molecule has 0 spiro atoms. The molecule has 0 unspecified atom stereocenters. The minimum atomic E-state index is -0.591. The smallest absolute Gasteiger partial charge is 0.343 e. The Kier molecular flexibility index (Phi) is 6.77. The lowest BCUT2D eigenvalue weighted by Crippen LogP contribution is -2.32. The van der Waals surface area contributed by atoms with Crippen molar-refractivity contribution >= 4 is 63.4 Å². The van der Waals surface area contributed by atoms with Crippen LogP contribution in [0, 0.1) is 24.3 Å². The lowest BCUT2D eigenvalue weighted by atomic mass is 10.1. The van der Waals surface area contributed by atoms with Gasteiger partial charge in [-0.25, -0.2) is 9.69 Å². The van der Waals surface area contributed by atoms with Gasteiger partial charge in [-0.3, -0.25) is 9.59 Å². The van der Waals surface area contributed by atoms with Crippen LogP contribution in [0.1, 0.15) is 27.0 Å². The maximum atomic E-state index is 13.0. The van der Waals surface area contributed by atoms with E-state index in [2.05, 4.69) is 27.9 Å². The van der Waals surface area contributed by atoms with Gasteiger partial charge in [0.15, 0.2) is 0 Å². The van der Waals surface area contributed by atoms with Crippen molar-refractivity contribution in [3.63, 3.8) is 0 Å². The largest absolute Gasteiger partial charge is 0.423 e. The minimum absolute atomic E-state index is 0.0185. The number of hydrogen-bond acceptors (Lipinski definition) is 5. The Labute approximate surface area is 215 Å². The molecule has 172 valence electrons. The van der Waals surface area contributed by atoms with Gasteiger partial charge in [-0.1, -0.05) is 17.7 Å². The number of aryl methyl sites for hydroxylation is 3. The van der Waals surface area contributed by atoms with Gasteiger partial charge in [0.2, 0.25) is 0 Å². The molecule has 0 atom stereocenters. The normalized spacial score (nSPS) is 13.5. The van der Waals surface area contributed by atoms with E-state index >= 15 is 0 Å². The van der Waals surface area contributed by atoms with Gasteiger partial charge in [-0.2, -0.15) is 0 Å². The number of halogens is 2. The summed E-state index contributed by atoms with van der Waals surface area (Å²) < 4.78 is 6.44. The number of esters is 1. The molecule has 2 amide bonds. The first-order chi connectivity index (χ1) is 16.2. The molecule has 6 nitrogen and oxygen atoms in total. The Bertz CT molecular complexity index is 1370. The van der Waals surface area contributed by atoms with Crippen molar-refractivity contribution in [2.75, 3.05) is 10.2 Å². The van der Waals surface area contributed by atoms with Crippen molar-refractivity contribution in [1.82, 2.24) is 0 Å². The quantitative estimate of drug-likeness (QED) is 0.175. The summed E-state index contributed by atoms with van der Waals surface area (Å²) in [6.07, 6.45) is 0. The highest BCUT2D eigenvalue weighted by atomic mass is 127. The van der Waals surface area contributed by atoms with Crippen LogP contribution in [0.5, 0.6) is 5.75 Å². The fraction of sp³-hybridized carbons (Fsp3) is 0.115. The molecule has 1 N–H and O–H groups in total. The number of anilines is 2. The third-order valence-corrected chi connectivity index (χ3v) is 6.53. The fourth-order valence-corrected chi connectivity index (χ4v) is 4.34. The SMILES string of the molecule is Cc1ccc(OC(=O)c2ccc(NC3=C(Cl)C(=O)N(c4ccc(I)cc4C)C3=O)cc2)cc1C. The highest BCUT2D eigenvalue weighted by Crippen LogP contribution is 2.32. The van der Waals surface area contributed by atoms with Gasteiger partial charge >= 0.3 is 5.97 Å². The molecule has 0 fully saturated rings. The zero-order valence-electron chi connectivity index (χ0n) is 18.6. The van der Waals surface area contributed by atoms with E-state index in [1.807, 2.05) is 39.0 Å². The van der Waals surface area contributed by atoms with Crippen LogP contribution in [-0.2, 0) is 9.59 Å². The van der Waals surface area contributed by atoms with Gasteiger partial charge in [0.25, 0.3) is 11.8 Å². The van der Waals surface area contributed by atoms with Crippen LogP contribution in [0.3, 0.4) is 0 Å². The van der Waals surface area contributed by atoms with E-state index < -0.39 is 17.8 Å². The molecular weight excluding hydrogens is 567 g/mol. The summed E-state index contributed by atoms with van der Waals surface area (Å²) >= 11 is 8.39. The number of hydrogen-bond donors (Lipinski definition) is 1. The van der Waals surface area contributed by atoms with Crippen molar-refractivity contribution in [2.24, 2.45) is 0 Å². The molecule has 0 bridgehead atoms. The summed E-state index contributed by atoms with van der Waals surface area (Å²) in [5.74, 6) is -1.17. The minimum Gasteiger partial charge on any atom is -0.423 e. The number of amides is 2. The summed E-state index contributed by atoms with van der Waals surface area (Å²) in [5.41, 5.74) is 4.22. The monoisotopic (exact) mass is 586 g/mol. The third-order valence-electron chi connectivity index (χ3n) is 5.51. The molecule has 0 radical (unpaired) electrons. The van der Waals surface area contributed by atoms with E-state index in [0.29, 0.717) is 22.7 Å². The number of nitrogens with zero attached hydrogens (tertiary/aromatic N) is 1. The predicted octanol–water partition coefficient (Wildman–Crippen LogP) is 5.87. The number of imide groups is 1. The van der Waals surface area contributed by atoms with E-state index in [1.165, 1.54) is 0 Å². The Balaban J connectivity index is 1.49. The van der Waals surface area contributed by atoms with Crippen LogP contribution in [0.4, 0.5) is 11.4 Å². The second-order valence-corrected chi connectivity index (χ2v) is 9.53. The number of carbonyl (C=O) groups excluding carboxylic acids is 3. The van der Waals surface area contributed by atoms with E-state index in [9.17, 15) is 14.4 Å². The topological polar surface area (TPSA) is 75.7 Å². The van der Waals surface area contributed by atoms with Crippen LogP contribution in [0.25, 0.3) is 0 Å². The van der Waals surface area contributed by atoms with Crippen LogP contribution in [0.2, 0.25) is 0 Å². The zero-order chi connectivity index (χ0) is 24.6. The number of nitrogens with one attached hydrogen (secondary N) is 1. The third kappa shape index (κ3) is 4.71. The lowest BCUT2D eigenvalue weighted by Gasteiger charge is -2.17. The highest BCUT2D eigenvalue weighted by molar-refractivity contribution is 14.1. The molecule has 8 heteroatoms. The summed E-state index contributed by atoms with van der Waals surface area (Å²) in [6, 6.07) is 17.2. The standard InChI is InChI=1S/C26H20ClIN2O4/c1-14-4-10-20(13-15(14)2)34-26(33)17-5-8-19(9-6-17)29-23-22(27)24(31)30(25(23)32)21-11-7-18(28)12-16(21)3/h4-13,29H,1-3H3. The molecule has 0 aromatic heterocycles. The first kappa shape index (κ1) is 24.0. The van der Waals surface area contributed by atoms with Crippen molar-refractivity contribution in [1.29, 1.82) is 0 Å². The summed E-state index contributed by atoms with van der Waals surface area (Å²) in [4.78, 5) is 39.3. The first-order valence-electron chi connectivity index (χ1n) is 10.4. The molecule has 4 rings (SSSR count). The average molecular weight is 587 g/mol. The second kappa shape index (κ2) is 9.60. The van der Waals surface area contributed by atoms with E-state index in [1.54, 1.807) is 42.5 Å². The van der Waals surface area contributed by atoms with Crippen LogP contribution < -0.4 is 15.0 Å². The Morgan fingerprint density at radius 3 is 2.24 bits per heavy atom. The second-order valence-electron chi connectivity index (χ2n) is 7.90. The molecule has 3 aromatic rings. The predicted molar refractivity (Wildman–Crippen MR) is 140 cm³/mol. The van der Waals surface area contributed by atoms with Gasteiger partial charge in [0.05, 0.1) is 11.3 Å². The van der Waals surface area contributed by atoms with Gasteiger partial charge in [-0.15, -0.1) is 0 Å². The molecular formula is C26H20ClIN2O4. The average Bonchev–Trinajstić information content (AvgIpc) is 3.00. The highest BCUT2D eigenvalue weighted by Gasteiger charge is 2.39. The Morgan fingerprint density at radius 1 is 0.882 bits per heavy atom. The van der Waals surface area contributed by atoms with Crippen molar-refractivity contribution in [3.05, 3.63) is 97.2 Å². The summed E-state index contributed by atoms with van der Waals surface area (Å²) in [7, 11) is 0. The van der Waals surface area contributed by atoms with E-state index in [4.69, 9.17) is 16.3 Å². The van der Waals surface area contributed by atoms with Gasteiger partial charge in [0.1, 0.15) is 16.5 Å². The number of carbonyl (C=O) groups is 3. The molecule has 0 saturated heterocycles. The Morgan fingerprint density at radius 2 is 1.59 bits per heavy atom. The van der Waals surface area contributed by atoms with Crippen LogP contribution in [-0.4, -0.2) is 17.8 Å².